The van der Waals surface area contributed by atoms with Crippen LogP contribution in [0.15, 0.2) is 82.6 Å². The Kier molecular flexibility index (Phi) is 7.03. The lowest BCUT2D eigenvalue weighted by molar-refractivity contribution is -0.0498. The molecule has 0 saturated carbocycles. The molecule has 0 fully saturated rings. The molecule has 3 aromatic carbocycles. The number of nitrogens with one attached hydrogen (secondary N) is 2. The van der Waals surface area contributed by atoms with E-state index in [-0.39, 0.29) is 20.7 Å². The highest BCUT2D eigenvalue weighted by Gasteiger charge is 2.19. The summed E-state index contributed by atoms with van der Waals surface area (Å²) >= 11 is 5.28. The summed E-state index contributed by atoms with van der Waals surface area (Å²) in [5.74, 6) is 0.400. The van der Waals surface area contributed by atoms with Crippen molar-refractivity contribution in [3.05, 3.63) is 72.8 Å². The van der Waals surface area contributed by atoms with E-state index in [0.717, 1.165) is 0 Å². The Morgan fingerprint density at radius 2 is 1.61 bits per heavy atom. The fourth-order valence-electron chi connectivity index (χ4n) is 2.69. The van der Waals surface area contributed by atoms with Crippen LogP contribution < -0.4 is 20.1 Å². The van der Waals surface area contributed by atoms with E-state index in [1.54, 1.807) is 18.2 Å². The van der Waals surface area contributed by atoms with E-state index in [4.69, 9.17) is 17.0 Å². The molecule has 0 saturated heterocycles. The van der Waals surface area contributed by atoms with Gasteiger partial charge in [0.2, 0.25) is 9.84 Å². The summed E-state index contributed by atoms with van der Waals surface area (Å²) in [5, 5.41) is 5.93. The van der Waals surface area contributed by atoms with Crippen LogP contribution in [0.3, 0.4) is 0 Å². The van der Waals surface area contributed by atoms with E-state index in [2.05, 4.69) is 15.4 Å². The topological polar surface area (TPSA) is 76.7 Å². The van der Waals surface area contributed by atoms with Crippen molar-refractivity contribution < 1.29 is 26.7 Å². The van der Waals surface area contributed by atoms with Crippen LogP contribution in [-0.2, 0) is 9.84 Å². The molecule has 0 aliphatic rings. The van der Waals surface area contributed by atoms with Crippen molar-refractivity contribution in [2.45, 2.75) is 16.4 Å². The number of halogens is 2. The summed E-state index contributed by atoms with van der Waals surface area (Å²) in [7, 11) is -2.28. The SMILES string of the molecule is COc1ccc(S(=O)(=O)c2ccccc2)cc1NC(=S)Nc1ccc(OC(F)F)cc1. The number of hydrogen-bond acceptors (Lipinski definition) is 5. The summed E-state index contributed by atoms with van der Waals surface area (Å²) in [6, 6.07) is 18.2. The third-order valence-corrected chi connectivity index (χ3v) is 6.09. The normalized spacial score (nSPS) is 11.1. The molecule has 31 heavy (non-hydrogen) atoms. The smallest absolute Gasteiger partial charge is 0.387 e. The monoisotopic (exact) mass is 464 g/mol. The molecule has 2 N–H and O–H groups in total. The zero-order valence-corrected chi connectivity index (χ0v) is 17.8. The molecule has 0 aromatic heterocycles. The molecule has 0 amide bonds. The summed E-state index contributed by atoms with van der Waals surface area (Å²) in [4.78, 5) is 0.233. The number of rotatable bonds is 7. The van der Waals surface area contributed by atoms with Gasteiger partial charge in [-0.15, -0.1) is 0 Å². The number of sulfone groups is 1. The summed E-state index contributed by atoms with van der Waals surface area (Å²) in [6.45, 7) is -2.91. The number of thiocarbonyl (C=S) groups is 1. The summed E-state index contributed by atoms with van der Waals surface area (Å²) in [6.07, 6.45) is 0. The van der Waals surface area contributed by atoms with Crippen molar-refractivity contribution in [2.24, 2.45) is 0 Å². The van der Waals surface area contributed by atoms with E-state index in [1.807, 2.05) is 0 Å². The van der Waals surface area contributed by atoms with Gasteiger partial charge in [-0.2, -0.15) is 8.78 Å². The number of alkyl halides is 2. The molecule has 0 spiro atoms. The maximum absolute atomic E-state index is 12.9. The highest BCUT2D eigenvalue weighted by molar-refractivity contribution is 7.91. The molecule has 0 atom stereocenters. The van der Waals surface area contributed by atoms with Gasteiger partial charge in [0.25, 0.3) is 0 Å². The fourth-order valence-corrected chi connectivity index (χ4v) is 4.23. The van der Waals surface area contributed by atoms with E-state index >= 15 is 0 Å². The molecular weight excluding hydrogens is 446 g/mol. The van der Waals surface area contributed by atoms with Crippen LogP contribution in [0.5, 0.6) is 11.5 Å². The fraction of sp³-hybridized carbons (Fsp3) is 0.0952. The first-order chi connectivity index (χ1) is 14.8. The molecule has 0 bridgehead atoms. The van der Waals surface area contributed by atoms with Crippen molar-refractivity contribution in [2.75, 3.05) is 17.7 Å². The van der Waals surface area contributed by atoms with Crippen molar-refractivity contribution >= 4 is 38.5 Å². The molecular formula is C21H18F2N2O4S2. The average molecular weight is 465 g/mol. The molecule has 10 heteroatoms. The van der Waals surface area contributed by atoms with Crippen LogP contribution in [0.25, 0.3) is 0 Å². The second-order valence-corrected chi connectivity index (χ2v) is 8.52. The third-order valence-electron chi connectivity index (χ3n) is 4.12. The van der Waals surface area contributed by atoms with Gasteiger partial charge in [-0.3, -0.25) is 0 Å². The van der Waals surface area contributed by atoms with Gasteiger partial charge in [-0.25, -0.2) is 8.42 Å². The van der Waals surface area contributed by atoms with Crippen LogP contribution in [0, 0.1) is 0 Å². The van der Waals surface area contributed by atoms with E-state index in [0.29, 0.717) is 17.1 Å². The lowest BCUT2D eigenvalue weighted by Crippen LogP contribution is -2.19. The molecule has 6 nitrogen and oxygen atoms in total. The van der Waals surface area contributed by atoms with Crippen LogP contribution >= 0.6 is 12.2 Å². The minimum Gasteiger partial charge on any atom is -0.495 e. The van der Waals surface area contributed by atoms with Crippen LogP contribution in [0.1, 0.15) is 0 Å². The van der Waals surface area contributed by atoms with Gasteiger partial charge in [0, 0.05) is 5.69 Å². The Labute approximate surface area is 183 Å². The number of hydrogen-bond donors (Lipinski definition) is 2. The van der Waals surface area contributed by atoms with Gasteiger partial charge >= 0.3 is 6.61 Å². The Bertz CT molecular complexity index is 1160. The van der Waals surface area contributed by atoms with Crippen LogP contribution in [0.4, 0.5) is 20.2 Å². The van der Waals surface area contributed by atoms with Crippen molar-refractivity contribution in [1.82, 2.24) is 0 Å². The maximum Gasteiger partial charge on any atom is 0.387 e. The largest absolute Gasteiger partial charge is 0.495 e. The van der Waals surface area contributed by atoms with Gasteiger partial charge in [-0.1, -0.05) is 18.2 Å². The minimum atomic E-state index is -3.73. The molecule has 0 heterocycles. The second-order valence-electron chi connectivity index (χ2n) is 6.16. The Hall–Kier alpha value is -3.24. The van der Waals surface area contributed by atoms with Gasteiger partial charge < -0.3 is 20.1 Å². The van der Waals surface area contributed by atoms with Crippen molar-refractivity contribution in [3.63, 3.8) is 0 Å². The molecule has 0 unspecified atom stereocenters. The Morgan fingerprint density at radius 3 is 2.23 bits per heavy atom. The molecule has 162 valence electrons. The van der Waals surface area contributed by atoms with Crippen LogP contribution in [-0.4, -0.2) is 27.3 Å². The van der Waals surface area contributed by atoms with Gasteiger partial charge in [-0.05, 0) is 66.8 Å². The molecule has 0 aliphatic heterocycles. The lowest BCUT2D eigenvalue weighted by atomic mass is 10.3. The highest BCUT2D eigenvalue weighted by Crippen LogP contribution is 2.30. The first-order valence-corrected chi connectivity index (χ1v) is 10.8. The van der Waals surface area contributed by atoms with E-state index < -0.39 is 16.4 Å². The third kappa shape index (κ3) is 5.68. The van der Waals surface area contributed by atoms with E-state index in [1.165, 1.54) is 61.7 Å². The quantitative estimate of drug-likeness (QED) is 0.480. The predicted molar refractivity (Wildman–Crippen MR) is 118 cm³/mol. The van der Waals surface area contributed by atoms with Gasteiger partial charge in [0.05, 0.1) is 22.6 Å². The zero-order chi connectivity index (χ0) is 22.4. The molecule has 3 rings (SSSR count). The van der Waals surface area contributed by atoms with Gasteiger partial charge in [0.1, 0.15) is 11.5 Å². The lowest BCUT2D eigenvalue weighted by Gasteiger charge is -2.15. The van der Waals surface area contributed by atoms with Crippen molar-refractivity contribution in [1.29, 1.82) is 0 Å². The standard InChI is InChI=1S/C21H18F2N2O4S2/c1-28-19-12-11-17(31(26,27)16-5-3-2-4-6-16)13-18(19)25-21(30)24-14-7-9-15(10-8-14)29-20(22)23/h2-13,20H,1H3,(H2,24,25,30). The minimum absolute atomic E-state index is 0.0138. The van der Waals surface area contributed by atoms with Crippen LogP contribution in [0.2, 0.25) is 0 Å². The first kappa shape index (κ1) is 22.4. The number of anilines is 2. The molecule has 0 radical (unpaired) electrons. The number of methoxy groups -OCH3 is 1. The highest BCUT2D eigenvalue weighted by atomic mass is 32.2. The maximum atomic E-state index is 12.9. The second kappa shape index (κ2) is 9.71. The number of ether oxygens (including phenoxy) is 2. The Balaban J connectivity index is 1.79. The predicted octanol–water partition coefficient (Wildman–Crippen LogP) is 4.94. The van der Waals surface area contributed by atoms with Gasteiger partial charge in [0.15, 0.2) is 5.11 Å². The molecule has 0 aliphatic carbocycles. The summed E-state index contributed by atoms with van der Waals surface area (Å²) in [5.41, 5.74) is 0.862. The van der Waals surface area contributed by atoms with E-state index in [9.17, 15) is 17.2 Å². The first-order valence-electron chi connectivity index (χ1n) is 8.90. The van der Waals surface area contributed by atoms with Crippen molar-refractivity contribution in [3.8, 4) is 11.5 Å². The number of benzene rings is 3. The summed E-state index contributed by atoms with van der Waals surface area (Å²) < 4.78 is 59.9. The average Bonchev–Trinajstić information content (AvgIpc) is 2.75. The Morgan fingerprint density at radius 1 is 0.935 bits per heavy atom. The zero-order valence-electron chi connectivity index (χ0n) is 16.2. The molecule has 3 aromatic rings.